The maximum absolute atomic E-state index is 11.8. The molecule has 1 aromatic rings. The third-order valence-corrected chi connectivity index (χ3v) is 4.23. The van der Waals surface area contributed by atoms with Crippen molar-refractivity contribution >= 4 is 35.5 Å². The van der Waals surface area contributed by atoms with E-state index in [4.69, 9.17) is 9.05 Å². The zero-order valence-corrected chi connectivity index (χ0v) is 10.4. The normalized spacial score (nSPS) is 11.6. The van der Waals surface area contributed by atoms with E-state index in [0.29, 0.717) is 5.30 Å². The van der Waals surface area contributed by atoms with Gasteiger partial charge in [-0.15, -0.1) is 0 Å². The molecule has 0 aliphatic heterocycles. The third-order valence-electron chi connectivity index (χ3n) is 1.62. The van der Waals surface area contributed by atoms with Gasteiger partial charge in [-0.3, -0.25) is 4.57 Å². The molecule has 0 saturated heterocycles. The Bertz CT molecular complexity index is 315. The van der Waals surface area contributed by atoms with Crippen molar-refractivity contribution in [3.05, 3.63) is 27.8 Å². The first-order valence-corrected chi connectivity index (χ1v) is 6.22. The van der Waals surface area contributed by atoms with Gasteiger partial charge in [-0.1, -0.05) is 0 Å². The van der Waals surface area contributed by atoms with Crippen LogP contribution in [0.15, 0.2) is 24.3 Å². The van der Waals surface area contributed by atoms with Gasteiger partial charge in [-0.2, -0.15) is 0 Å². The molecule has 13 heavy (non-hydrogen) atoms. The van der Waals surface area contributed by atoms with Crippen molar-refractivity contribution in [3.8, 4) is 0 Å². The average Bonchev–Trinajstić information content (AvgIpc) is 2.18. The van der Waals surface area contributed by atoms with E-state index in [0.717, 1.165) is 3.57 Å². The fraction of sp³-hybridized carbons (Fsp3) is 0.250. The third kappa shape index (κ3) is 2.53. The molecular weight excluding hydrogens is 302 g/mol. The molecule has 1 rings (SSSR count). The Labute approximate surface area is 91.1 Å². The SMILES string of the molecule is COP(=O)(OC)c1ccc(I)cc1. The molecule has 0 N–H and O–H groups in total. The molecule has 0 fully saturated rings. The summed E-state index contributed by atoms with van der Waals surface area (Å²) in [5.74, 6) is 0. The van der Waals surface area contributed by atoms with Crippen LogP contribution >= 0.6 is 30.2 Å². The lowest BCUT2D eigenvalue weighted by Crippen LogP contribution is -2.07. The Morgan fingerprint density at radius 1 is 1.15 bits per heavy atom. The molecule has 5 heteroatoms. The minimum Gasteiger partial charge on any atom is -0.309 e. The van der Waals surface area contributed by atoms with E-state index >= 15 is 0 Å². The maximum atomic E-state index is 11.8. The van der Waals surface area contributed by atoms with E-state index in [1.807, 2.05) is 12.1 Å². The van der Waals surface area contributed by atoms with Crippen molar-refractivity contribution < 1.29 is 13.6 Å². The smallest absolute Gasteiger partial charge is 0.309 e. The van der Waals surface area contributed by atoms with Crippen molar-refractivity contribution in [1.29, 1.82) is 0 Å². The van der Waals surface area contributed by atoms with Gasteiger partial charge < -0.3 is 9.05 Å². The topological polar surface area (TPSA) is 35.5 Å². The van der Waals surface area contributed by atoms with E-state index in [9.17, 15) is 4.57 Å². The van der Waals surface area contributed by atoms with Crippen molar-refractivity contribution in [2.24, 2.45) is 0 Å². The summed E-state index contributed by atoms with van der Waals surface area (Å²) in [6.07, 6.45) is 0. The Morgan fingerprint density at radius 2 is 1.62 bits per heavy atom. The molecule has 0 aliphatic carbocycles. The monoisotopic (exact) mass is 312 g/mol. The predicted octanol–water partition coefficient (Wildman–Crippen LogP) is 2.40. The summed E-state index contributed by atoms with van der Waals surface area (Å²) in [5.41, 5.74) is 0. The van der Waals surface area contributed by atoms with Crippen LogP contribution < -0.4 is 5.30 Å². The van der Waals surface area contributed by atoms with E-state index in [2.05, 4.69) is 22.6 Å². The standard InChI is InChI=1S/C8H10IO3P/c1-11-13(10,12-2)8-5-3-7(9)4-6-8/h3-6H,1-2H3. The molecule has 0 amide bonds. The second-order valence-electron chi connectivity index (χ2n) is 2.34. The fourth-order valence-electron chi connectivity index (χ4n) is 0.909. The lowest BCUT2D eigenvalue weighted by Gasteiger charge is -2.13. The van der Waals surface area contributed by atoms with Crippen LogP contribution in [0.25, 0.3) is 0 Å². The second kappa shape index (κ2) is 4.55. The molecular formula is C8H10IO3P. The van der Waals surface area contributed by atoms with Gasteiger partial charge in [0, 0.05) is 17.8 Å². The summed E-state index contributed by atoms with van der Waals surface area (Å²) >= 11 is 2.18. The summed E-state index contributed by atoms with van der Waals surface area (Å²) < 4.78 is 22.6. The van der Waals surface area contributed by atoms with Gasteiger partial charge in [-0.25, -0.2) is 0 Å². The summed E-state index contributed by atoms with van der Waals surface area (Å²) in [4.78, 5) is 0. The number of halogens is 1. The zero-order valence-electron chi connectivity index (χ0n) is 7.36. The number of rotatable bonds is 3. The number of benzene rings is 1. The predicted molar refractivity (Wildman–Crippen MR) is 60.4 cm³/mol. The fourth-order valence-corrected chi connectivity index (χ4v) is 2.35. The highest BCUT2D eigenvalue weighted by Crippen LogP contribution is 2.44. The van der Waals surface area contributed by atoms with Crippen LogP contribution in [0.2, 0.25) is 0 Å². The summed E-state index contributed by atoms with van der Waals surface area (Å²) in [5, 5.41) is 0.581. The molecule has 1 aromatic carbocycles. The zero-order chi connectivity index (χ0) is 9.90. The Kier molecular flexibility index (Phi) is 3.91. The van der Waals surface area contributed by atoms with Crippen LogP contribution in [-0.2, 0) is 13.6 Å². The van der Waals surface area contributed by atoms with E-state index in [1.54, 1.807) is 12.1 Å². The maximum Gasteiger partial charge on any atom is 0.360 e. The Hall–Kier alpha value is 0.100. The van der Waals surface area contributed by atoms with Gasteiger partial charge in [0.2, 0.25) is 0 Å². The molecule has 0 aliphatic rings. The number of hydrogen-bond acceptors (Lipinski definition) is 3. The van der Waals surface area contributed by atoms with Crippen molar-refractivity contribution in [1.82, 2.24) is 0 Å². The summed E-state index contributed by atoms with van der Waals surface area (Å²) in [6, 6.07) is 7.21. The Morgan fingerprint density at radius 3 is 2.00 bits per heavy atom. The van der Waals surface area contributed by atoms with E-state index in [1.165, 1.54) is 14.2 Å². The quantitative estimate of drug-likeness (QED) is 0.635. The minimum atomic E-state index is -3.06. The molecule has 0 aromatic heterocycles. The molecule has 0 bridgehead atoms. The first-order chi connectivity index (χ1) is 6.12. The second-order valence-corrected chi connectivity index (χ2v) is 5.83. The lowest BCUT2D eigenvalue weighted by atomic mass is 10.4. The Balaban J connectivity index is 3.07. The number of hydrogen-bond donors (Lipinski definition) is 0. The minimum absolute atomic E-state index is 0.581. The van der Waals surface area contributed by atoms with Crippen molar-refractivity contribution in [3.63, 3.8) is 0 Å². The van der Waals surface area contributed by atoms with Crippen LogP contribution in [0.4, 0.5) is 0 Å². The van der Waals surface area contributed by atoms with Gasteiger partial charge in [0.15, 0.2) is 0 Å². The lowest BCUT2D eigenvalue weighted by molar-refractivity contribution is 0.287. The highest BCUT2D eigenvalue weighted by Gasteiger charge is 2.23. The molecule has 3 nitrogen and oxygen atoms in total. The van der Waals surface area contributed by atoms with Gasteiger partial charge >= 0.3 is 7.60 Å². The summed E-state index contributed by atoms with van der Waals surface area (Å²) in [6.45, 7) is 0. The van der Waals surface area contributed by atoms with Gasteiger partial charge in [0.05, 0.1) is 5.30 Å². The first kappa shape index (κ1) is 11.2. The van der Waals surface area contributed by atoms with E-state index in [-0.39, 0.29) is 0 Å². The largest absolute Gasteiger partial charge is 0.360 e. The first-order valence-electron chi connectivity index (χ1n) is 3.60. The average molecular weight is 312 g/mol. The molecule has 72 valence electrons. The molecule has 0 saturated carbocycles. The van der Waals surface area contributed by atoms with Crippen LogP contribution in [0.3, 0.4) is 0 Å². The highest BCUT2D eigenvalue weighted by atomic mass is 127. The van der Waals surface area contributed by atoms with Gasteiger partial charge in [0.1, 0.15) is 0 Å². The molecule has 0 spiro atoms. The van der Waals surface area contributed by atoms with Crippen LogP contribution in [0.5, 0.6) is 0 Å². The molecule has 0 atom stereocenters. The van der Waals surface area contributed by atoms with Crippen LogP contribution in [0, 0.1) is 3.57 Å². The molecule has 0 radical (unpaired) electrons. The van der Waals surface area contributed by atoms with E-state index < -0.39 is 7.60 Å². The molecule has 0 heterocycles. The van der Waals surface area contributed by atoms with Gasteiger partial charge in [-0.05, 0) is 46.9 Å². The van der Waals surface area contributed by atoms with Crippen molar-refractivity contribution in [2.45, 2.75) is 0 Å². The van der Waals surface area contributed by atoms with Crippen LogP contribution in [0.1, 0.15) is 0 Å². The van der Waals surface area contributed by atoms with Crippen LogP contribution in [-0.4, -0.2) is 14.2 Å². The summed E-state index contributed by atoms with van der Waals surface area (Å²) in [7, 11) is -0.302. The van der Waals surface area contributed by atoms with Gasteiger partial charge in [0.25, 0.3) is 0 Å². The highest BCUT2D eigenvalue weighted by molar-refractivity contribution is 14.1. The molecule has 0 unspecified atom stereocenters. The van der Waals surface area contributed by atoms with Crippen molar-refractivity contribution in [2.75, 3.05) is 14.2 Å².